The van der Waals surface area contributed by atoms with Gasteiger partial charge >= 0.3 is 6.09 Å². The molecule has 2 saturated heterocycles. The van der Waals surface area contributed by atoms with Gasteiger partial charge in [0.2, 0.25) is 0 Å². The monoisotopic (exact) mass is 535 g/mol. The lowest BCUT2D eigenvalue weighted by Crippen LogP contribution is -2.54. The lowest BCUT2D eigenvalue weighted by Gasteiger charge is -2.44. The number of carbonyl (C=O) groups is 1. The van der Waals surface area contributed by atoms with Crippen LogP contribution in [-0.4, -0.2) is 65.4 Å². The number of hydrogen-bond donors (Lipinski definition) is 0. The summed E-state index contributed by atoms with van der Waals surface area (Å²) in [4.78, 5) is 27.1. The van der Waals surface area contributed by atoms with Crippen molar-refractivity contribution in [2.45, 2.75) is 70.7 Å². The Morgan fingerprint density at radius 3 is 2.63 bits per heavy atom. The Kier molecular flexibility index (Phi) is 7.77. The molecular formula is C29H41N5O3Si. The van der Waals surface area contributed by atoms with Crippen LogP contribution in [0.4, 0.5) is 10.6 Å². The van der Waals surface area contributed by atoms with Gasteiger partial charge in [-0.15, -0.1) is 0 Å². The Morgan fingerprint density at radius 1 is 1.13 bits per heavy atom. The van der Waals surface area contributed by atoms with Crippen molar-refractivity contribution >= 4 is 31.1 Å². The average molecular weight is 536 g/mol. The van der Waals surface area contributed by atoms with Crippen molar-refractivity contribution in [3.05, 3.63) is 54.4 Å². The van der Waals surface area contributed by atoms with Gasteiger partial charge in [0.05, 0.1) is 6.20 Å². The maximum Gasteiger partial charge on any atom is 0.410 e. The molecule has 0 aliphatic carbocycles. The van der Waals surface area contributed by atoms with Crippen molar-refractivity contribution in [2.24, 2.45) is 5.92 Å². The minimum Gasteiger partial charge on any atom is -0.445 e. The van der Waals surface area contributed by atoms with Crippen molar-refractivity contribution in [1.82, 2.24) is 19.4 Å². The second kappa shape index (κ2) is 11.1. The molecule has 1 unspecified atom stereocenters. The fourth-order valence-corrected chi connectivity index (χ4v) is 6.53. The molecule has 2 aliphatic heterocycles. The predicted molar refractivity (Wildman–Crippen MR) is 153 cm³/mol. The van der Waals surface area contributed by atoms with Crippen molar-refractivity contribution in [1.29, 1.82) is 0 Å². The van der Waals surface area contributed by atoms with Crippen LogP contribution in [0.2, 0.25) is 25.7 Å². The smallest absolute Gasteiger partial charge is 0.410 e. The summed E-state index contributed by atoms with van der Waals surface area (Å²) in [5.74, 6) is 1.36. The van der Waals surface area contributed by atoms with E-state index in [0.29, 0.717) is 19.3 Å². The highest BCUT2D eigenvalue weighted by atomic mass is 28.3. The molecule has 0 bridgehead atoms. The van der Waals surface area contributed by atoms with E-state index in [1.807, 2.05) is 58.3 Å². The number of amides is 1. The lowest BCUT2D eigenvalue weighted by atomic mass is 9.83. The summed E-state index contributed by atoms with van der Waals surface area (Å²) in [6.45, 7) is 13.4. The summed E-state index contributed by atoms with van der Waals surface area (Å²) in [7, 11) is -1.10. The molecule has 4 heterocycles. The molecule has 0 saturated carbocycles. The molecule has 1 spiro atoms. The van der Waals surface area contributed by atoms with E-state index in [4.69, 9.17) is 19.4 Å². The van der Waals surface area contributed by atoms with E-state index in [1.165, 1.54) is 0 Å². The number of fused-ring (bicyclic) bond motifs is 1. The Morgan fingerprint density at radius 2 is 1.89 bits per heavy atom. The Hall–Kier alpha value is -2.91. The van der Waals surface area contributed by atoms with Gasteiger partial charge in [-0.25, -0.2) is 14.8 Å². The van der Waals surface area contributed by atoms with E-state index in [0.717, 1.165) is 74.1 Å². The molecular weight excluding hydrogens is 494 g/mol. The fraction of sp³-hybridized carbons (Fsp3) is 0.552. The SMILES string of the molecule is CC1CN(C(=O)OCc2ccccc2)C2(CCN(c3cnc4c(ccn4COCC[Si](C)(C)C)n3)CC2)C1. The number of nitrogens with zero attached hydrogens (tertiary/aromatic N) is 5. The minimum atomic E-state index is -1.10. The summed E-state index contributed by atoms with van der Waals surface area (Å²) in [5, 5.41) is 0. The number of likely N-dealkylation sites (tertiary alicyclic amines) is 1. The molecule has 1 aromatic carbocycles. The number of anilines is 1. The third kappa shape index (κ3) is 6.04. The van der Waals surface area contributed by atoms with Gasteiger partial charge in [0.1, 0.15) is 24.7 Å². The first-order valence-corrected chi connectivity index (χ1v) is 17.6. The van der Waals surface area contributed by atoms with E-state index >= 15 is 0 Å². The van der Waals surface area contributed by atoms with E-state index in [-0.39, 0.29) is 11.6 Å². The van der Waals surface area contributed by atoms with E-state index < -0.39 is 8.07 Å². The Balaban J connectivity index is 1.19. The van der Waals surface area contributed by atoms with Crippen LogP contribution in [0.15, 0.2) is 48.8 Å². The molecule has 2 fully saturated rings. The summed E-state index contributed by atoms with van der Waals surface area (Å²) in [5.41, 5.74) is 2.61. The van der Waals surface area contributed by atoms with Gasteiger partial charge in [0, 0.05) is 46.1 Å². The quantitative estimate of drug-likeness (QED) is 0.270. The third-order valence-electron chi connectivity index (χ3n) is 7.92. The van der Waals surface area contributed by atoms with E-state index in [1.54, 1.807) is 0 Å². The van der Waals surface area contributed by atoms with Gasteiger partial charge in [-0.1, -0.05) is 56.9 Å². The molecule has 0 N–H and O–H groups in total. The molecule has 1 amide bonds. The van der Waals surface area contributed by atoms with Crippen LogP contribution in [0.5, 0.6) is 0 Å². The molecule has 2 aromatic heterocycles. The zero-order chi connectivity index (χ0) is 26.8. The topological polar surface area (TPSA) is 72.7 Å². The van der Waals surface area contributed by atoms with Crippen LogP contribution in [0, 0.1) is 5.92 Å². The van der Waals surface area contributed by atoms with E-state index in [9.17, 15) is 4.79 Å². The lowest BCUT2D eigenvalue weighted by molar-refractivity contribution is 0.0547. The van der Waals surface area contributed by atoms with Gasteiger partial charge in [0.25, 0.3) is 0 Å². The molecule has 3 aromatic rings. The highest BCUT2D eigenvalue weighted by Crippen LogP contribution is 2.42. The Bertz CT molecular complexity index is 1230. The molecule has 204 valence electrons. The molecule has 1 atom stereocenters. The average Bonchev–Trinajstić information content (AvgIpc) is 3.45. The van der Waals surface area contributed by atoms with Gasteiger partial charge in [-0.2, -0.15) is 0 Å². The van der Waals surface area contributed by atoms with Crippen molar-refractivity contribution in [3.63, 3.8) is 0 Å². The maximum atomic E-state index is 13.1. The molecule has 8 nitrogen and oxygen atoms in total. The zero-order valence-corrected chi connectivity index (χ0v) is 24.2. The Labute approximate surface area is 227 Å². The normalized spacial score (nSPS) is 19.4. The van der Waals surface area contributed by atoms with Crippen LogP contribution >= 0.6 is 0 Å². The largest absolute Gasteiger partial charge is 0.445 e. The van der Waals surface area contributed by atoms with E-state index in [2.05, 4.69) is 31.5 Å². The first-order valence-electron chi connectivity index (χ1n) is 13.9. The highest BCUT2D eigenvalue weighted by Gasteiger charge is 2.49. The number of piperidine rings is 1. The first-order chi connectivity index (χ1) is 18.2. The number of hydrogen-bond acceptors (Lipinski definition) is 6. The van der Waals surface area contributed by atoms with Crippen molar-refractivity contribution < 1.29 is 14.3 Å². The number of ether oxygens (including phenoxy) is 2. The van der Waals surface area contributed by atoms with Crippen molar-refractivity contribution in [2.75, 3.05) is 31.1 Å². The number of aromatic nitrogens is 3. The molecule has 5 rings (SSSR count). The number of rotatable bonds is 8. The molecule has 0 radical (unpaired) electrons. The molecule has 2 aliphatic rings. The van der Waals surface area contributed by atoms with Crippen molar-refractivity contribution in [3.8, 4) is 0 Å². The van der Waals surface area contributed by atoms with Crippen LogP contribution in [0.1, 0.15) is 31.7 Å². The second-order valence-corrected chi connectivity index (χ2v) is 17.9. The predicted octanol–water partition coefficient (Wildman–Crippen LogP) is 5.76. The molecule has 38 heavy (non-hydrogen) atoms. The van der Waals surface area contributed by atoms with Gasteiger partial charge in [0.15, 0.2) is 5.65 Å². The van der Waals surface area contributed by atoms with Crippen LogP contribution < -0.4 is 4.90 Å². The first kappa shape index (κ1) is 26.7. The zero-order valence-electron chi connectivity index (χ0n) is 23.2. The van der Waals surface area contributed by atoms with Gasteiger partial charge in [-0.05, 0) is 42.9 Å². The van der Waals surface area contributed by atoms with Gasteiger partial charge in [-0.3, -0.25) is 0 Å². The van der Waals surface area contributed by atoms with Crippen LogP contribution in [0.25, 0.3) is 11.2 Å². The minimum absolute atomic E-state index is 0.141. The number of benzene rings is 1. The highest BCUT2D eigenvalue weighted by molar-refractivity contribution is 6.76. The summed E-state index contributed by atoms with van der Waals surface area (Å²) < 4.78 is 13.7. The van der Waals surface area contributed by atoms with Crippen LogP contribution in [0.3, 0.4) is 0 Å². The summed E-state index contributed by atoms with van der Waals surface area (Å²) in [6, 6.07) is 13.1. The summed E-state index contributed by atoms with van der Waals surface area (Å²) in [6.07, 6.45) is 6.52. The summed E-state index contributed by atoms with van der Waals surface area (Å²) >= 11 is 0. The maximum absolute atomic E-state index is 13.1. The van der Waals surface area contributed by atoms with Gasteiger partial charge < -0.3 is 23.8 Å². The molecule has 9 heteroatoms. The second-order valence-electron chi connectivity index (χ2n) is 12.2. The number of carbonyl (C=O) groups excluding carboxylic acids is 1. The van der Waals surface area contributed by atoms with Crippen LogP contribution in [-0.2, 0) is 22.8 Å². The fourth-order valence-electron chi connectivity index (χ4n) is 5.77. The standard InChI is InChI=1S/C29H41N5O3Si/c1-23-18-29(34(20-23)28(35)37-21-24-8-6-5-7-9-24)11-14-32(15-12-29)26-19-30-27-25(31-26)10-13-33(27)22-36-16-17-38(2,3)4/h5-10,13,19,23H,11-12,14-18,20-22H2,1-4H3. The third-order valence-corrected chi connectivity index (χ3v) is 9.62.